The van der Waals surface area contributed by atoms with E-state index in [1.54, 1.807) is 6.19 Å². The molecule has 1 aromatic carbocycles. The number of nitrogens with two attached hydrogens (primary N) is 1. The van der Waals surface area contributed by atoms with Gasteiger partial charge in [0, 0.05) is 0 Å². The predicted molar refractivity (Wildman–Crippen MR) is 55.9 cm³/mol. The molecule has 0 unspecified atom stereocenters. The fourth-order valence-corrected chi connectivity index (χ4v) is 1.05. The van der Waals surface area contributed by atoms with Crippen molar-refractivity contribution in [3.05, 3.63) is 29.3 Å². The molecule has 0 saturated heterocycles. The smallest absolute Gasteiger partial charge is 0.207 e. The van der Waals surface area contributed by atoms with Gasteiger partial charge in [-0.15, -0.1) is 0 Å². The highest BCUT2D eigenvalue weighted by molar-refractivity contribution is 5.82. The average molecular weight is 188 g/mol. The van der Waals surface area contributed by atoms with Crippen LogP contribution in [0.2, 0.25) is 0 Å². The molecule has 0 heterocycles. The highest BCUT2D eigenvalue weighted by Crippen LogP contribution is 2.19. The Bertz CT molecular complexity index is 401. The molecule has 72 valence electrons. The van der Waals surface area contributed by atoms with Crippen LogP contribution in [0.5, 0.6) is 0 Å². The van der Waals surface area contributed by atoms with Crippen LogP contribution in [0.4, 0.5) is 5.69 Å². The molecular weight excluding hydrogens is 176 g/mol. The Labute approximate surface area is 83.1 Å². The lowest BCUT2D eigenvalue weighted by molar-refractivity contribution is 1.21. The molecule has 0 spiro atoms. The van der Waals surface area contributed by atoms with Gasteiger partial charge in [-0.25, -0.2) is 4.99 Å². The first-order valence-corrected chi connectivity index (χ1v) is 4.20. The maximum Gasteiger partial charge on any atom is 0.207 e. The Morgan fingerprint density at radius 1 is 1.50 bits per heavy atom. The Balaban J connectivity index is 3.02. The van der Waals surface area contributed by atoms with E-state index in [1.165, 1.54) is 0 Å². The van der Waals surface area contributed by atoms with E-state index < -0.39 is 0 Å². The van der Waals surface area contributed by atoms with Crippen LogP contribution in [0.3, 0.4) is 0 Å². The summed E-state index contributed by atoms with van der Waals surface area (Å²) in [4.78, 5) is 4.07. The number of rotatable bonds is 1. The van der Waals surface area contributed by atoms with Crippen LogP contribution < -0.4 is 11.1 Å². The molecule has 0 saturated carbocycles. The van der Waals surface area contributed by atoms with E-state index in [0.29, 0.717) is 0 Å². The molecule has 0 bridgehead atoms. The lowest BCUT2D eigenvalue weighted by Gasteiger charge is -2.02. The number of aryl methyl sites for hydroxylation is 2. The number of nitrogens with zero attached hydrogens (tertiary/aromatic N) is 2. The first-order valence-electron chi connectivity index (χ1n) is 4.20. The summed E-state index contributed by atoms with van der Waals surface area (Å²) in [7, 11) is 0. The van der Waals surface area contributed by atoms with Crippen LogP contribution in [-0.2, 0) is 0 Å². The summed E-state index contributed by atoms with van der Waals surface area (Å²) in [5, 5.41) is 10.6. The zero-order chi connectivity index (χ0) is 10.6. The van der Waals surface area contributed by atoms with Crippen molar-refractivity contribution in [1.82, 2.24) is 5.32 Å². The van der Waals surface area contributed by atoms with Crippen molar-refractivity contribution in [2.75, 3.05) is 0 Å². The lowest BCUT2D eigenvalue weighted by atomic mass is 10.1. The minimum Gasteiger partial charge on any atom is -0.369 e. The molecule has 0 aliphatic carbocycles. The van der Waals surface area contributed by atoms with Crippen molar-refractivity contribution in [1.29, 1.82) is 5.26 Å². The number of hydrogen-bond acceptors (Lipinski definition) is 2. The summed E-state index contributed by atoms with van der Waals surface area (Å²) < 4.78 is 0. The third-order valence-corrected chi connectivity index (χ3v) is 1.79. The topological polar surface area (TPSA) is 74.2 Å². The zero-order valence-corrected chi connectivity index (χ0v) is 8.20. The van der Waals surface area contributed by atoms with Crippen LogP contribution in [0.1, 0.15) is 11.1 Å². The normalized spacial score (nSPS) is 10.8. The fraction of sp³-hybridized carbons (Fsp3) is 0.200. The van der Waals surface area contributed by atoms with Crippen LogP contribution in [-0.4, -0.2) is 5.96 Å². The third-order valence-electron chi connectivity index (χ3n) is 1.79. The molecule has 0 aliphatic rings. The Hall–Kier alpha value is -2.02. The largest absolute Gasteiger partial charge is 0.369 e. The summed E-state index contributed by atoms with van der Waals surface area (Å²) >= 11 is 0. The highest BCUT2D eigenvalue weighted by Gasteiger charge is 1.97. The van der Waals surface area contributed by atoms with Gasteiger partial charge in [0.1, 0.15) is 0 Å². The van der Waals surface area contributed by atoms with Crippen molar-refractivity contribution in [2.45, 2.75) is 13.8 Å². The Morgan fingerprint density at radius 2 is 2.21 bits per heavy atom. The highest BCUT2D eigenvalue weighted by atomic mass is 15.1. The van der Waals surface area contributed by atoms with Gasteiger partial charge in [0.2, 0.25) is 5.96 Å². The minimum absolute atomic E-state index is 0.112. The molecule has 1 aromatic rings. The number of nitriles is 1. The summed E-state index contributed by atoms with van der Waals surface area (Å²) in [6.45, 7) is 3.92. The average Bonchev–Trinajstić information content (AvgIpc) is 2.12. The molecule has 0 aromatic heterocycles. The molecular formula is C10H12N4. The fourth-order valence-electron chi connectivity index (χ4n) is 1.05. The summed E-state index contributed by atoms with van der Waals surface area (Å²) in [6, 6.07) is 5.89. The Kier molecular flexibility index (Phi) is 3.08. The van der Waals surface area contributed by atoms with Gasteiger partial charge < -0.3 is 5.73 Å². The van der Waals surface area contributed by atoms with Crippen molar-refractivity contribution in [3.8, 4) is 6.19 Å². The second-order valence-corrected chi connectivity index (χ2v) is 3.02. The SMILES string of the molecule is Cc1ccc(C)c(N=C(N)NC#N)c1. The van der Waals surface area contributed by atoms with Gasteiger partial charge in [-0.2, -0.15) is 5.26 Å². The molecule has 4 heteroatoms. The van der Waals surface area contributed by atoms with Gasteiger partial charge >= 0.3 is 0 Å². The van der Waals surface area contributed by atoms with Crippen LogP contribution in [0.25, 0.3) is 0 Å². The quantitative estimate of drug-likeness (QED) is 0.302. The van der Waals surface area contributed by atoms with Crippen LogP contribution in [0, 0.1) is 25.3 Å². The molecule has 0 radical (unpaired) electrons. The molecule has 0 amide bonds. The second-order valence-electron chi connectivity index (χ2n) is 3.02. The van der Waals surface area contributed by atoms with Crippen molar-refractivity contribution >= 4 is 11.6 Å². The summed E-state index contributed by atoms with van der Waals surface area (Å²) in [5.74, 6) is 0.112. The monoisotopic (exact) mass is 188 g/mol. The van der Waals surface area contributed by atoms with E-state index in [2.05, 4.69) is 10.3 Å². The minimum atomic E-state index is 0.112. The molecule has 4 nitrogen and oxygen atoms in total. The maximum absolute atomic E-state index is 8.32. The number of benzene rings is 1. The summed E-state index contributed by atoms with van der Waals surface area (Å²) in [5.41, 5.74) is 8.37. The van der Waals surface area contributed by atoms with Gasteiger partial charge in [0.25, 0.3) is 0 Å². The first kappa shape index (κ1) is 10.1. The number of guanidine groups is 1. The molecule has 14 heavy (non-hydrogen) atoms. The van der Waals surface area contributed by atoms with Crippen molar-refractivity contribution < 1.29 is 0 Å². The van der Waals surface area contributed by atoms with Crippen LogP contribution >= 0.6 is 0 Å². The Morgan fingerprint density at radius 3 is 2.86 bits per heavy atom. The third kappa shape index (κ3) is 2.49. The van der Waals surface area contributed by atoms with Crippen molar-refractivity contribution in [3.63, 3.8) is 0 Å². The predicted octanol–water partition coefficient (Wildman–Crippen LogP) is 1.32. The molecule has 1 rings (SSSR count). The second kappa shape index (κ2) is 4.28. The molecule has 3 N–H and O–H groups in total. The van der Waals surface area contributed by atoms with Crippen LogP contribution in [0.15, 0.2) is 23.2 Å². The molecule has 0 aliphatic heterocycles. The maximum atomic E-state index is 8.32. The van der Waals surface area contributed by atoms with Gasteiger partial charge in [0.05, 0.1) is 5.69 Å². The van der Waals surface area contributed by atoms with Gasteiger partial charge in [-0.1, -0.05) is 12.1 Å². The standard InChI is InChI=1S/C10H12N4/c1-7-3-4-8(2)9(5-7)14-10(12)13-6-11/h3-5H,1-2H3,(H3,12,13,14). The van der Waals surface area contributed by atoms with E-state index in [-0.39, 0.29) is 5.96 Å². The zero-order valence-electron chi connectivity index (χ0n) is 8.20. The van der Waals surface area contributed by atoms with Gasteiger partial charge in [-0.3, -0.25) is 5.32 Å². The van der Waals surface area contributed by atoms with Crippen molar-refractivity contribution in [2.24, 2.45) is 10.7 Å². The van der Waals surface area contributed by atoms with Gasteiger partial charge in [0.15, 0.2) is 6.19 Å². The van der Waals surface area contributed by atoms with E-state index in [9.17, 15) is 0 Å². The number of nitrogens with one attached hydrogen (secondary N) is 1. The van der Waals surface area contributed by atoms with E-state index >= 15 is 0 Å². The molecule has 0 atom stereocenters. The van der Waals surface area contributed by atoms with E-state index in [4.69, 9.17) is 11.0 Å². The number of hydrogen-bond donors (Lipinski definition) is 2. The first-order chi connectivity index (χ1) is 6.63. The van der Waals surface area contributed by atoms with E-state index in [0.717, 1.165) is 16.8 Å². The molecule has 0 fully saturated rings. The lowest BCUT2D eigenvalue weighted by Crippen LogP contribution is -2.26. The number of aliphatic imine (C=N–C) groups is 1. The van der Waals surface area contributed by atoms with E-state index in [1.807, 2.05) is 32.0 Å². The summed E-state index contributed by atoms with van der Waals surface area (Å²) in [6.07, 6.45) is 1.72. The van der Waals surface area contributed by atoms with Gasteiger partial charge in [-0.05, 0) is 31.0 Å².